The van der Waals surface area contributed by atoms with Gasteiger partial charge in [-0.3, -0.25) is 0 Å². The van der Waals surface area contributed by atoms with Crippen LogP contribution in [0.2, 0.25) is 0 Å². The molecule has 0 heterocycles. The maximum atomic E-state index is 3.42. The maximum Gasteiger partial charge on any atom is 0.0320 e. The molecule has 0 fully saturated rings. The van der Waals surface area contributed by atoms with Gasteiger partial charge in [0.2, 0.25) is 0 Å². The summed E-state index contributed by atoms with van der Waals surface area (Å²) in [4.78, 5) is 1.32. The number of hydrogen-bond donors (Lipinski definition) is 1. The molecule has 0 aliphatic rings. The standard InChI is InChI=1S/C17H21NS/c1-18-17(13-8-14-6-4-3-5-7-14)15-9-11-16(19-2)12-10-15/h3-7,9-12,17-18H,8,13H2,1-2H3. The van der Waals surface area contributed by atoms with Crippen molar-refractivity contribution in [3.63, 3.8) is 0 Å². The van der Waals surface area contributed by atoms with E-state index in [-0.39, 0.29) is 0 Å². The van der Waals surface area contributed by atoms with Crippen LogP contribution < -0.4 is 5.32 Å². The zero-order valence-corrected chi connectivity index (χ0v) is 12.4. The summed E-state index contributed by atoms with van der Waals surface area (Å²) in [6, 6.07) is 20.0. The predicted molar refractivity (Wildman–Crippen MR) is 84.8 cm³/mol. The molecule has 2 rings (SSSR count). The minimum atomic E-state index is 0.427. The van der Waals surface area contributed by atoms with Gasteiger partial charge in [0.1, 0.15) is 0 Å². The fourth-order valence-corrected chi connectivity index (χ4v) is 2.68. The van der Waals surface area contributed by atoms with E-state index in [0.717, 1.165) is 12.8 Å². The van der Waals surface area contributed by atoms with Crippen LogP contribution in [0.15, 0.2) is 59.5 Å². The van der Waals surface area contributed by atoms with Crippen LogP contribution in [0.1, 0.15) is 23.6 Å². The number of benzene rings is 2. The molecule has 1 N–H and O–H groups in total. The Bertz CT molecular complexity index is 478. The minimum absolute atomic E-state index is 0.427. The largest absolute Gasteiger partial charge is 0.313 e. The van der Waals surface area contributed by atoms with E-state index in [1.165, 1.54) is 16.0 Å². The van der Waals surface area contributed by atoms with Crippen LogP contribution in [0.5, 0.6) is 0 Å². The Hall–Kier alpha value is -1.25. The molecule has 0 saturated carbocycles. The first-order valence-corrected chi connectivity index (χ1v) is 7.91. The Labute approximate surface area is 120 Å². The van der Waals surface area contributed by atoms with Crippen LogP contribution in [0.25, 0.3) is 0 Å². The summed E-state index contributed by atoms with van der Waals surface area (Å²) in [5.41, 5.74) is 2.78. The van der Waals surface area contributed by atoms with Crippen molar-refractivity contribution in [1.29, 1.82) is 0 Å². The smallest absolute Gasteiger partial charge is 0.0320 e. The molecular weight excluding hydrogens is 250 g/mol. The van der Waals surface area contributed by atoms with Gasteiger partial charge in [-0.2, -0.15) is 0 Å². The summed E-state index contributed by atoms with van der Waals surface area (Å²) in [5, 5.41) is 3.42. The molecule has 19 heavy (non-hydrogen) atoms. The molecular formula is C17H21NS. The molecule has 0 saturated heterocycles. The molecule has 0 amide bonds. The monoisotopic (exact) mass is 271 g/mol. The number of rotatable bonds is 6. The van der Waals surface area contributed by atoms with Crippen molar-refractivity contribution in [3.8, 4) is 0 Å². The molecule has 0 radical (unpaired) electrons. The van der Waals surface area contributed by atoms with E-state index in [0.29, 0.717) is 6.04 Å². The first-order chi connectivity index (χ1) is 9.33. The average molecular weight is 271 g/mol. The molecule has 1 atom stereocenters. The Kier molecular flexibility index (Phi) is 5.49. The fourth-order valence-electron chi connectivity index (χ4n) is 2.27. The van der Waals surface area contributed by atoms with E-state index in [2.05, 4.69) is 66.2 Å². The minimum Gasteiger partial charge on any atom is -0.313 e. The van der Waals surface area contributed by atoms with Gasteiger partial charge in [0, 0.05) is 10.9 Å². The van der Waals surface area contributed by atoms with Crippen LogP contribution in [0, 0.1) is 0 Å². The van der Waals surface area contributed by atoms with Gasteiger partial charge in [-0.15, -0.1) is 11.8 Å². The van der Waals surface area contributed by atoms with Gasteiger partial charge in [0.05, 0.1) is 0 Å². The molecule has 1 unspecified atom stereocenters. The lowest BCUT2D eigenvalue weighted by atomic mass is 9.99. The second-order valence-corrected chi connectivity index (χ2v) is 5.52. The quantitative estimate of drug-likeness (QED) is 0.786. The van der Waals surface area contributed by atoms with E-state index >= 15 is 0 Å². The topological polar surface area (TPSA) is 12.0 Å². The van der Waals surface area contributed by atoms with Crippen LogP contribution in [-0.2, 0) is 6.42 Å². The lowest BCUT2D eigenvalue weighted by Crippen LogP contribution is -2.17. The van der Waals surface area contributed by atoms with Crippen molar-refractivity contribution in [1.82, 2.24) is 5.32 Å². The zero-order valence-electron chi connectivity index (χ0n) is 11.6. The highest BCUT2D eigenvalue weighted by atomic mass is 32.2. The second-order valence-electron chi connectivity index (χ2n) is 4.64. The maximum absolute atomic E-state index is 3.42. The number of aryl methyl sites for hydroxylation is 1. The Morgan fingerprint density at radius 2 is 1.68 bits per heavy atom. The molecule has 2 heteroatoms. The SMILES string of the molecule is CNC(CCc1ccccc1)c1ccc(SC)cc1. The summed E-state index contributed by atoms with van der Waals surface area (Å²) in [6.45, 7) is 0. The zero-order chi connectivity index (χ0) is 13.5. The van der Waals surface area contributed by atoms with Gasteiger partial charge >= 0.3 is 0 Å². The normalized spacial score (nSPS) is 12.3. The summed E-state index contributed by atoms with van der Waals surface area (Å²) in [6.07, 6.45) is 4.34. The molecule has 0 aromatic heterocycles. The van der Waals surface area contributed by atoms with Gasteiger partial charge in [-0.1, -0.05) is 42.5 Å². The van der Waals surface area contributed by atoms with Crippen molar-refractivity contribution in [2.75, 3.05) is 13.3 Å². The summed E-state index contributed by atoms with van der Waals surface area (Å²) in [5.74, 6) is 0. The van der Waals surface area contributed by atoms with Crippen LogP contribution in [0.3, 0.4) is 0 Å². The third kappa shape index (κ3) is 4.12. The van der Waals surface area contributed by atoms with Crippen molar-refractivity contribution >= 4 is 11.8 Å². The summed E-state index contributed by atoms with van der Waals surface area (Å²) < 4.78 is 0. The van der Waals surface area contributed by atoms with Crippen LogP contribution in [0.4, 0.5) is 0 Å². The van der Waals surface area contributed by atoms with Gasteiger partial charge in [-0.25, -0.2) is 0 Å². The molecule has 0 aliphatic heterocycles. The van der Waals surface area contributed by atoms with Crippen LogP contribution in [-0.4, -0.2) is 13.3 Å². The number of nitrogens with one attached hydrogen (secondary N) is 1. The highest BCUT2D eigenvalue weighted by Gasteiger charge is 2.09. The molecule has 0 bridgehead atoms. The van der Waals surface area contributed by atoms with E-state index in [9.17, 15) is 0 Å². The first kappa shape index (κ1) is 14.2. The molecule has 0 spiro atoms. The fraction of sp³-hybridized carbons (Fsp3) is 0.294. The Morgan fingerprint density at radius 1 is 1.00 bits per heavy atom. The average Bonchev–Trinajstić information content (AvgIpc) is 2.49. The number of thioether (sulfide) groups is 1. The predicted octanol–water partition coefficient (Wildman–Crippen LogP) is 4.30. The van der Waals surface area contributed by atoms with Gasteiger partial charge in [-0.05, 0) is 49.4 Å². The lowest BCUT2D eigenvalue weighted by Gasteiger charge is -2.17. The van der Waals surface area contributed by atoms with Crippen molar-refractivity contribution in [2.45, 2.75) is 23.8 Å². The van der Waals surface area contributed by atoms with E-state index < -0.39 is 0 Å². The first-order valence-electron chi connectivity index (χ1n) is 6.68. The van der Waals surface area contributed by atoms with E-state index in [4.69, 9.17) is 0 Å². The Morgan fingerprint density at radius 3 is 2.26 bits per heavy atom. The molecule has 100 valence electrons. The second kappa shape index (κ2) is 7.37. The third-order valence-corrected chi connectivity index (χ3v) is 4.17. The van der Waals surface area contributed by atoms with Crippen molar-refractivity contribution in [3.05, 3.63) is 65.7 Å². The number of hydrogen-bond acceptors (Lipinski definition) is 2. The van der Waals surface area contributed by atoms with Crippen molar-refractivity contribution in [2.24, 2.45) is 0 Å². The van der Waals surface area contributed by atoms with E-state index in [1.54, 1.807) is 11.8 Å². The Balaban J connectivity index is 1.99. The van der Waals surface area contributed by atoms with Gasteiger partial charge < -0.3 is 5.32 Å². The summed E-state index contributed by atoms with van der Waals surface area (Å²) in [7, 11) is 2.04. The van der Waals surface area contributed by atoms with E-state index in [1.807, 2.05) is 7.05 Å². The van der Waals surface area contributed by atoms with Crippen molar-refractivity contribution < 1.29 is 0 Å². The van der Waals surface area contributed by atoms with Gasteiger partial charge in [0.15, 0.2) is 0 Å². The highest BCUT2D eigenvalue weighted by molar-refractivity contribution is 7.98. The lowest BCUT2D eigenvalue weighted by molar-refractivity contribution is 0.549. The van der Waals surface area contributed by atoms with Gasteiger partial charge in [0.25, 0.3) is 0 Å². The molecule has 1 nitrogen and oxygen atoms in total. The third-order valence-electron chi connectivity index (χ3n) is 3.43. The summed E-state index contributed by atoms with van der Waals surface area (Å²) >= 11 is 1.79. The molecule has 2 aromatic carbocycles. The highest BCUT2D eigenvalue weighted by Crippen LogP contribution is 2.22. The molecule has 2 aromatic rings. The molecule has 0 aliphatic carbocycles. The van der Waals surface area contributed by atoms with Crippen LogP contribution >= 0.6 is 11.8 Å².